The van der Waals surface area contributed by atoms with Crippen LogP contribution in [-0.4, -0.2) is 19.5 Å². The molecule has 10 aromatic rings. The van der Waals surface area contributed by atoms with Gasteiger partial charge < -0.3 is 4.57 Å². The van der Waals surface area contributed by atoms with Crippen LogP contribution in [0.25, 0.3) is 95.0 Å². The fourth-order valence-corrected chi connectivity index (χ4v) is 8.13. The molecule has 0 amide bonds. The van der Waals surface area contributed by atoms with Gasteiger partial charge in [0, 0.05) is 33.2 Å². The highest BCUT2D eigenvalue weighted by molar-refractivity contribution is 6.11. The maximum Gasteiger partial charge on any atom is 0.417 e. The Morgan fingerprint density at radius 1 is 0.377 bits per heavy atom. The molecule has 0 saturated carbocycles. The van der Waals surface area contributed by atoms with Crippen LogP contribution in [0.5, 0.6) is 0 Å². The molecule has 2 aromatic heterocycles. The molecule has 2 heterocycles. The fourth-order valence-electron chi connectivity index (χ4n) is 8.13. The van der Waals surface area contributed by atoms with E-state index in [9.17, 15) is 0 Å². The van der Waals surface area contributed by atoms with E-state index in [0.717, 1.165) is 61.3 Å². The van der Waals surface area contributed by atoms with E-state index in [1.165, 1.54) is 23.3 Å². The molecule has 61 heavy (non-hydrogen) atoms. The normalized spacial score (nSPS) is 11.7. The van der Waals surface area contributed by atoms with Crippen molar-refractivity contribution in [3.05, 3.63) is 205 Å². The van der Waals surface area contributed by atoms with Gasteiger partial charge in [-0.3, -0.25) is 0 Å². The Kier molecular flexibility index (Phi) is 9.37. The largest absolute Gasteiger partial charge is 0.417 e. The number of rotatable bonds is 7. The van der Waals surface area contributed by atoms with Crippen LogP contribution in [-0.2, 0) is 6.18 Å². The molecule has 0 atom stereocenters. The third-order valence-electron chi connectivity index (χ3n) is 11.3. The first kappa shape index (κ1) is 37.6. The lowest BCUT2D eigenvalue weighted by atomic mass is 9.93. The molecule has 0 aliphatic carbocycles. The molecule has 0 fully saturated rings. The Labute approximate surface area is 351 Å². The van der Waals surface area contributed by atoms with Gasteiger partial charge in [-0.1, -0.05) is 163 Å². The van der Waals surface area contributed by atoms with E-state index in [0.29, 0.717) is 28.5 Å². The van der Waals surface area contributed by atoms with Crippen molar-refractivity contribution in [3.63, 3.8) is 0 Å². The van der Waals surface area contributed by atoms with E-state index in [2.05, 4.69) is 103 Å². The van der Waals surface area contributed by atoms with Crippen molar-refractivity contribution in [2.45, 2.75) is 20.0 Å². The first-order chi connectivity index (χ1) is 29.7. The minimum absolute atomic E-state index is 0.0243. The van der Waals surface area contributed by atoms with Gasteiger partial charge >= 0.3 is 6.18 Å². The number of halogens is 3. The Hall–Kier alpha value is -7.64. The highest BCUT2D eigenvalue weighted by atomic mass is 19.4. The lowest BCUT2D eigenvalue weighted by Gasteiger charge is -2.18. The lowest BCUT2D eigenvalue weighted by molar-refractivity contribution is -0.137. The standard InChI is InChI=1S/C54H37F3N4/c1-34-17-21-36(22-18-34)40-25-28-44-45-29-26-41(37-23-19-35(2)20-24-37)32-50(45)61(49(44)31-40)42-27-30-46(47(33-42)43-15-9-10-16-48(43)54(55,56)57)53-59-51(38-11-5-3-6-12-38)58-52(60-53)39-13-7-4-8-14-39/h3-33H,1-2H3. The molecule has 0 saturated heterocycles. The molecule has 4 nitrogen and oxygen atoms in total. The van der Waals surface area contributed by atoms with Gasteiger partial charge in [0.05, 0.1) is 16.6 Å². The number of aryl methyl sites for hydroxylation is 2. The Balaban J connectivity index is 1.27. The van der Waals surface area contributed by atoms with Gasteiger partial charge in [-0.25, -0.2) is 15.0 Å². The number of hydrogen-bond donors (Lipinski definition) is 0. The minimum atomic E-state index is -4.63. The van der Waals surface area contributed by atoms with Crippen molar-refractivity contribution in [1.29, 1.82) is 0 Å². The SMILES string of the molecule is Cc1ccc(-c2ccc3c4ccc(-c5ccc(C)cc5)cc4n(-c4ccc(-c5nc(-c6ccccc6)nc(-c6ccccc6)n5)c(-c5ccccc5C(F)(F)F)c4)c3c2)cc1. The van der Waals surface area contributed by atoms with Gasteiger partial charge in [0.15, 0.2) is 17.5 Å². The summed E-state index contributed by atoms with van der Waals surface area (Å²) in [5, 5.41) is 2.06. The first-order valence-corrected chi connectivity index (χ1v) is 20.1. The van der Waals surface area contributed by atoms with Crippen molar-refractivity contribution in [2.75, 3.05) is 0 Å². The summed E-state index contributed by atoms with van der Waals surface area (Å²) in [6.45, 7) is 4.13. The zero-order valence-corrected chi connectivity index (χ0v) is 33.3. The average Bonchev–Trinajstić information content (AvgIpc) is 3.62. The van der Waals surface area contributed by atoms with Crippen LogP contribution in [0.15, 0.2) is 188 Å². The fraction of sp³-hybridized carbons (Fsp3) is 0.0556. The van der Waals surface area contributed by atoms with Gasteiger partial charge in [0.1, 0.15) is 0 Å². The second-order valence-corrected chi connectivity index (χ2v) is 15.3. The molecule has 0 spiro atoms. The van der Waals surface area contributed by atoms with Crippen molar-refractivity contribution in [1.82, 2.24) is 19.5 Å². The number of fused-ring (bicyclic) bond motifs is 3. The molecule has 0 radical (unpaired) electrons. The molecule has 10 rings (SSSR count). The minimum Gasteiger partial charge on any atom is -0.309 e. The summed E-state index contributed by atoms with van der Waals surface area (Å²) in [6.07, 6.45) is -4.63. The molecule has 7 heteroatoms. The Morgan fingerprint density at radius 2 is 0.836 bits per heavy atom. The molecule has 0 unspecified atom stereocenters. The molecule has 0 N–H and O–H groups in total. The zero-order chi connectivity index (χ0) is 41.7. The number of hydrogen-bond acceptors (Lipinski definition) is 3. The summed E-state index contributed by atoms with van der Waals surface area (Å²) in [5.74, 6) is 1.09. The monoisotopic (exact) mass is 798 g/mol. The summed E-state index contributed by atoms with van der Waals surface area (Å²) in [4.78, 5) is 14.8. The number of alkyl halides is 3. The third kappa shape index (κ3) is 7.14. The van der Waals surface area contributed by atoms with E-state index in [1.807, 2.05) is 78.9 Å². The van der Waals surface area contributed by atoms with E-state index in [-0.39, 0.29) is 11.4 Å². The topological polar surface area (TPSA) is 43.6 Å². The van der Waals surface area contributed by atoms with E-state index in [1.54, 1.807) is 6.07 Å². The second kappa shape index (κ2) is 15.2. The quantitative estimate of drug-likeness (QED) is 0.161. The van der Waals surface area contributed by atoms with Crippen molar-refractivity contribution in [2.24, 2.45) is 0 Å². The summed E-state index contributed by atoms with van der Waals surface area (Å²) >= 11 is 0. The highest BCUT2D eigenvalue weighted by Gasteiger charge is 2.34. The van der Waals surface area contributed by atoms with Crippen LogP contribution in [0.1, 0.15) is 16.7 Å². The van der Waals surface area contributed by atoms with Gasteiger partial charge in [-0.2, -0.15) is 13.2 Å². The number of benzene rings is 8. The van der Waals surface area contributed by atoms with E-state index >= 15 is 13.2 Å². The van der Waals surface area contributed by atoms with Crippen molar-refractivity contribution < 1.29 is 13.2 Å². The second-order valence-electron chi connectivity index (χ2n) is 15.3. The third-order valence-corrected chi connectivity index (χ3v) is 11.3. The average molecular weight is 799 g/mol. The van der Waals surface area contributed by atoms with E-state index in [4.69, 9.17) is 15.0 Å². The van der Waals surface area contributed by atoms with Crippen LogP contribution in [0.4, 0.5) is 13.2 Å². The molecule has 0 bridgehead atoms. The molecule has 8 aromatic carbocycles. The summed E-state index contributed by atoms with van der Waals surface area (Å²) in [6, 6.07) is 60.2. The van der Waals surface area contributed by atoms with Gasteiger partial charge in [-0.05, 0) is 83.6 Å². The summed E-state index contributed by atoms with van der Waals surface area (Å²) < 4.78 is 47.3. The van der Waals surface area contributed by atoms with Crippen LogP contribution in [0, 0.1) is 13.8 Å². The smallest absolute Gasteiger partial charge is 0.309 e. The number of aromatic nitrogens is 4. The van der Waals surface area contributed by atoms with Gasteiger partial charge in [0.25, 0.3) is 0 Å². The van der Waals surface area contributed by atoms with Crippen molar-refractivity contribution in [3.8, 4) is 73.2 Å². The molecule has 0 aliphatic rings. The van der Waals surface area contributed by atoms with Gasteiger partial charge in [0.2, 0.25) is 0 Å². The Morgan fingerprint density at radius 3 is 1.34 bits per heavy atom. The maximum atomic E-state index is 15.0. The lowest BCUT2D eigenvalue weighted by Crippen LogP contribution is -2.08. The molecule has 0 aliphatic heterocycles. The molecular weight excluding hydrogens is 762 g/mol. The van der Waals surface area contributed by atoms with Crippen LogP contribution in [0.3, 0.4) is 0 Å². The van der Waals surface area contributed by atoms with Crippen molar-refractivity contribution >= 4 is 21.8 Å². The predicted octanol–water partition coefficient (Wildman–Crippen LogP) is 14.6. The highest BCUT2D eigenvalue weighted by Crippen LogP contribution is 2.43. The number of nitrogens with zero attached hydrogens (tertiary/aromatic N) is 4. The van der Waals surface area contributed by atoms with E-state index < -0.39 is 11.7 Å². The van der Waals surface area contributed by atoms with Crippen LogP contribution in [0.2, 0.25) is 0 Å². The molecule has 294 valence electrons. The summed E-state index contributed by atoms with van der Waals surface area (Å²) in [5.41, 5.74) is 10.7. The predicted molar refractivity (Wildman–Crippen MR) is 241 cm³/mol. The van der Waals surface area contributed by atoms with Crippen LogP contribution < -0.4 is 0 Å². The molecular formula is C54H37F3N4. The van der Waals surface area contributed by atoms with Crippen LogP contribution >= 0.6 is 0 Å². The van der Waals surface area contributed by atoms with Gasteiger partial charge in [-0.15, -0.1) is 0 Å². The Bertz CT molecular complexity index is 3070. The zero-order valence-electron chi connectivity index (χ0n) is 33.3. The maximum absolute atomic E-state index is 15.0. The summed E-state index contributed by atoms with van der Waals surface area (Å²) in [7, 11) is 0. The first-order valence-electron chi connectivity index (χ1n) is 20.1.